The van der Waals surface area contributed by atoms with Gasteiger partial charge in [0.25, 0.3) is 0 Å². The van der Waals surface area contributed by atoms with Crippen LogP contribution >= 0.6 is 0 Å². The summed E-state index contributed by atoms with van der Waals surface area (Å²) in [5.41, 5.74) is 2.78. The van der Waals surface area contributed by atoms with Gasteiger partial charge in [-0.2, -0.15) is 0 Å². The van der Waals surface area contributed by atoms with Gasteiger partial charge in [-0.3, -0.25) is 0 Å². The van der Waals surface area contributed by atoms with Gasteiger partial charge in [-0.1, -0.05) is 12.1 Å². The van der Waals surface area contributed by atoms with Gasteiger partial charge in [0.2, 0.25) is 0 Å². The molecule has 0 saturated carbocycles. The second-order valence-electron chi connectivity index (χ2n) is 3.69. The maximum atomic E-state index is 5.63. The molecule has 0 aromatic heterocycles. The van der Waals surface area contributed by atoms with E-state index >= 15 is 0 Å². The Morgan fingerprint density at radius 3 is 3.14 bits per heavy atom. The molecule has 0 fully saturated rings. The zero-order valence-electron chi connectivity index (χ0n) is 8.84. The largest absolute Gasteiger partial charge is 0.494 e. The molecule has 1 atom stereocenters. The van der Waals surface area contributed by atoms with Crippen LogP contribution in [0, 0.1) is 0 Å². The SMILES string of the molecule is CCOc1cccc2c1C(C)NCC2. The Morgan fingerprint density at radius 1 is 1.50 bits per heavy atom. The lowest BCUT2D eigenvalue weighted by molar-refractivity contribution is 0.330. The third kappa shape index (κ3) is 1.62. The number of ether oxygens (including phenoxy) is 1. The Morgan fingerprint density at radius 2 is 2.36 bits per heavy atom. The third-order valence-electron chi connectivity index (χ3n) is 2.73. The van der Waals surface area contributed by atoms with Crippen molar-refractivity contribution in [3.8, 4) is 5.75 Å². The molecule has 1 aromatic carbocycles. The molecule has 1 aliphatic rings. The van der Waals surface area contributed by atoms with Gasteiger partial charge in [0.15, 0.2) is 0 Å². The molecule has 0 amide bonds. The Labute approximate surface area is 85.3 Å². The summed E-state index contributed by atoms with van der Waals surface area (Å²) in [6, 6.07) is 6.77. The number of nitrogens with one attached hydrogen (secondary N) is 1. The van der Waals surface area contributed by atoms with Crippen LogP contribution in [-0.4, -0.2) is 13.2 Å². The van der Waals surface area contributed by atoms with Crippen molar-refractivity contribution in [1.29, 1.82) is 0 Å². The summed E-state index contributed by atoms with van der Waals surface area (Å²) >= 11 is 0. The lowest BCUT2D eigenvalue weighted by Gasteiger charge is -2.26. The van der Waals surface area contributed by atoms with Crippen molar-refractivity contribution in [2.24, 2.45) is 0 Å². The Hall–Kier alpha value is -1.02. The molecule has 14 heavy (non-hydrogen) atoms. The van der Waals surface area contributed by atoms with Crippen molar-refractivity contribution in [1.82, 2.24) is 5.32 Å². The predicted molar refractivity (Wildman–Crippen MR) is 57.7 cm³/mol. The normalized spacial score (nSPS) is 20.3. The quantitative estimate of drug-likeness (QED) is 0.774. The first-order valence-electron chi connectivity index (χ1n) is 5.31. The first-order chi connectivity index (χ1) is 6.83. The van der Waals surface area contributed by atoms with Crippen LogP contribution in [0.4, 0.5) is 0 Å². The Balaban J connectivity index is 2.41. The highest BCUT2D eigenvalue weighted by Gasteiger charge is 2.19. The van der Waals surface area contributed by atoms with Crippen LogP contribution in [-0.2, 0) is 6.42 Å². The molecule has 1 unspecified atom stereocenters. The molecule has 2 rings (SSSR count). The Kier molecular flexibility index (Phi) is 2.73. The van der Waals surface area contributed by atoms with Gasteiger partial charge in [-0.05, 0) is 38.4 Å². The highest BCUT2D eigenvalue weighted by atomic mass is 16.5. The average Bonchev–Trinajstić information content (AvgIpc) is 2.19. The molecule has 1 aromatic rings. The van der Waals surface area contributed by atoms with Crippen molar-refractivity contribution in [3.63, 3.8) is 0 Å². The van der Waals surface area contributed by atoms with Gasteiger partial charge in [-0.25, -0.2) is 0 Å². The van der Waals surface area contributed by atoms with Crippen LogP contribution in [0.25, 0.3) is 0 Å². The van der Waals surface area contributed by atoms with Crippen LogP contribution < -0.4 is 10.1 Å². The second-order valence-corrected chi connectivity index (χ2v) is 3.69. The maximum absolute atomic E-state index is 5.63. The fourth-order valence-electron chi connectivity index (χ4n) is 2.11. The van der Waals surface area contributed by atoms with Gasteiger partial charge >= 0.3 is 0 Å². The van der Waals surface area contributed by atoms with Gasteiger partial charge in [0, 0.05) is 11.6 Å². The van der Waals surface area contributed by atoms with E-state index in [0.29, 0.717) is 6.04 Å². The molecule has 1 N–H and O–H groups in total. The first-order valence-corrected chi connectivity index (χ1v) is 5.31. The zero-order chi connectivity index (χ0) is 9.97. The van der Waals surface area contributed by atoms with Crippen LogP contribution in [0.15, 0.2) is 18.2 Å². The van der Waals surface area contributed by atoms with Gasteiger partial charge in [-0.15, -0.1) is 0 Å². The van der Waals surface area contributed by atoms with E-state index in [1.54, 1.807) is 0 Å². The molecule has 0 aliphatic carbocycles. The summed E-state index contributed by atoms with van der Waals surface area (Å²) in [6.07, 6.45) is 1.11. The molecule has 2 nitrogen and oxygen atoms in total. The number of hydrogen-bond acceptors (Lipinski definition) is 2. The van der Waals surface area contributed by atoms with Gasteiger partial charge in [0.1, 0.15) is 5.75 Å². The molecular formula is C12H17NO. The minimum absolute atomic E-state index is 0.418. The first kappa shape index (κ1) is 9.53. The second kappa shape index (κ2) is 4.01. The summed E-state index contributed by atoms with van der Waals surface area (Å²) in [6.45, 7) is 6.04. The zero-order valence-corrected chi connectivity index (χ0v) is 8.84. The summed E-state index contributed by atoms with van der Waals surface area (Å²) in [5, 5.41) is 3.46. The number of benzene rings is 1. The fourth-order valence-corrected chi connectivity index (χ4v) is 2.11. The van der Waals surface area contributed by atoms with E-state index in [4.69, 9.17) is 4.74 Å². The molecule has 1 aliphatic heterocycles. The third-order valence-corrected chi connectivity index (χ3v) is 2.73. The molecule has 0 bridgehead atoms. The molecular weight excluding hydrogens is 174 g/mol. The van der Waals surface area contributed by atoms with E-state index in [0.717, 1.165) is 25.3 Å². The van der Waals surface area contributed by atoms with Crippen molar-refractivity contribution < 1.29 is 4.74 Å². The summed E-state index contributed by atoms with van der Waals surface area (Å²) in [7, 11) is 0. The molecule has 2 heteroatoms. The topological polar surface area (TPSA) is 21.3 Å². The van der Waals surface area contributed by atoms with Crippen molar-refractivity contribution in [2.45, 2.75) is 26.3 Å². The van der Waals surface area contributed by atoms with E-state index in [9.17, 15) is 0 Å². The maximum Gasteiger partial charge on any atom is 0.124 e. The molecule has 1 heterocycles. The fraction of sp³-hybridized carbons (Fsp3) is 0.500. The highest BCUT2D eigenvalue weighted by Crippen LogP contribution is 2.31. The molecule has 0 saturated heterocycles. The van der Waals surface area contributed by atoms with Crippen LogP contribution in [0.1, 0.15) is 31.0 Å². The number of hydrogen-bond donors (Lipinski definition) is 1. The molecule has 76 valence electrons. The summed E-state index contributed by atoms with van der Waals surface area (Å²) < 4.78 is 5.63. The lowest BCUT2D eigenvalue weighted by Crippen LogP contribution is -2.28. The monoisotopic (exact) mass is 191 g/mol. The minimum atomic E-state index is 0.418. The lowest BCUT2D eigenvalue weighted by atomic mass is 9.94. The summed E-state index contributed by atoms with van der Waals surface area (Å²) in [5.74, 6) is 1.05. The Bertz CT molecular complexity index is 322. The van der Waals surface area contributed by atoms with E-state index in [-0.39, 0.29) is 0 Å². The standard InChI is InChI=1S/C12H17NO/c1-3-14-11-6-4-5-10-7-8-13-9(2)12(10)11/h4-6,9,13H,3,7-8H2,1-2H3. The van der Waals surface area contributed by atoms with Crippen LogP contribution in [0.5, 0.6) is 5.75 Å². The number of fused-ring (bicyclic) bond motifs is 1. The average molecular weight is 191 g/mol. The minimum Gasteiger partial charge on any atom is -0.494 e. The smallest absolute Gasteiger partial charge is 0.124 e. The molecule has 0 radical (unpaired) electrons. The number of rotatable bonds is 2. The van der Waals surface area contributed by atoms with E-state index in [1.165, 1.54) is 11.1 Å². The van der Waals surface area contributed by atoms with Crippen LogP contribution in [0.3, 0.4) is 0 Å². The van der Waals surface area contributed by atoms with E-state index in [2.05, 4.69) is 30.4 Å². The van der Waals surface area contributed by atoms with Gasteiger partial charge < -0.3 is 10.1 Å². The highest BCUT2D eigenvalue weighted by molar-refractivity contribution is 5.43. The van der Waals surface area contributed by atoms with Crippen molar-refractivity contribution >= 4 is 0 Å². The van der Waals surface area contributed by atoms with E-state index < -0.39 is 0 Å². The van der Waals surface area contributed by atoms with Gasteiger partial charge in [0.05, 0.1) is 6.61 Å². The van der Waals surface area contributed by atoms with Crippen molar-refractivity contribution in [3.05, 3.63) is 29.3 Å². The molecule has 0 spiro atoms. The summed E-state index contributed by atoms with van der Waals surface area (Å²) in [4.78, 5) is 0. The predicted octanol–water partition coefficient (Wildman–Crippen LogP) is 2.29. The van der Waals surface area contributed by atoms with Crippen LogP contribution in [0.2, 0.25) is 0 Å². The van der Waals surface area contributed by atoms with Crippen molar-refractivity contribution in [2.75, 3.05) is 13.2 Å². The van der Waals surface area contributed by atoms with E-state index in [1.807, 2.05) is 6.92 Å².